The molecule has 1 aromatic rings. The molecule has 0 unspecified atom stereocenters. The van der Waals surface area contributed by atoms with E-state index in [-0.39, 0.29) is 5.91 Å². The van der Waals surface area contributed by atoms with Gasteiger partial charge in [0.1, 0.15) is 5.69 Å². The maximum absolute atomic E-state index is 12.4. The minimum atomic E-state index is 0.193. The summed E-state index contributed by atoms with van der Waals surface area (Å²) in [5, 5.41) is 3.41. The molecular weight excluding hydrogens is 226 g/mol. The SMILES string of the molecule is Cn1cccc1C(=O)N1CCC2(CCNCC2)C1. The average Bonchev–Trinajstić information content (AvgIpc) is 2.97. The van der Waals surface area contributed by atoms with E-state index in [1.165, 1.54) is 19.3 Å². The first kappa shape index (κ1) is 11.8. The van der Waals surface area contributed by atoms with Gasteiger partial charge in [-0.15, -0.1) is 0 Å². The van der Waals surface area contributed by atoms with Crippen molar-refractivity contribution in [3.8, 4) is 0 Å². The summed E-state index contributed by atoms with van der Waals surface area (Å²) in [6.07, 6.45) is 5.53. The minimum Gasteiger partial charge on any atom is -0.347 e. The van der Waals surface area contributed by atoms with Crippen molar-refractivity contribution in [1.82, 2.24) is 14.8 Å². The van der Waals surface area contributed by atoms with E-state index < -0.39 is 0 Å². The van der Waals surface area contributed by atoms with E-state index in [1.807, 2.05) is 34.8 Å². The van der Waals surface area contributed by atoms with Crippen molar-refractivity contribution in [3.05, 3.63) is 24.0 Å². The Labute approximate surface area is 108 Å². The second-order valence-electron chi connectivity index (χ2n) is 5.73. The Morgan fingerprint density at radius 1 is 1.33 bits per heavy atom. The van der Waals surface area contributed by atoms with Gasteiger partial charge in [0.05, 0.1) is 0 Å². The normalized spacial score (nSPS) is 22.6. The third kappa shape index (κ3) is 1.94. The van der Waals surface area contributed by atoms with E-state index in [2.05, 4.69) is 5.32 Å². The molecular formula is C14H21N3O. The van der Waals surface area contributed by atoms with Crippen LogP contribution in [0.25, 0.3) is 0 Å². The summed E-state index contributed by atoms with van der Waals surface area (Å²) in [6.45, 7) is 4.07. The van der Waals surface area contributed by atoms with E-state index in [0.717, 1.165) is 31.9 Å². The molecule has 2 aliphatic rings. The summed E-state index contributed by atoms with van der Waals surface area (Å²) in [5.74, 6) is 0.193. The highest BCUT2D eigenvalue weighted by Crippen LogP contribution is 2.38. The molecule has 0 bridgehead atoms. The third-order valence-electron chi connectivity index (χ3n) is 4.55. The number of piperidine rings is 1. The fourth-order valence-corrected chi connectivity index (χ4v) is 3.32. The van der Waals surface area contributed by atoms with Gasteiger partial charge >= 0.3 is 0 Å². The van der Waals surface area contributed by atoms with Gasteiger partial charge in [0, 0.05) is 26.3 Å². The number of hydrogen-bond acceptors (Lipinski definition) is 2. The van der Waals surface area contributed by atoms with Gasteiger partial charge in [0.2, 0.25) is 0 Å². The van der Waals surface area contributed by atoms with Crippen LogP contribution in [0.3, 0.4) is 0 Å². The molecule has 1 spiro atoms. The highest BCUT2D eigenvalue weighted by Gasteiger charge is 2.40. The van der Waals surface area contributed by atoms with Gasteiger partial charge in [0.25, 0.3) is 5.91 Å². The van der Waals surface area contributed by atoms with Gasteiger partial charge in [-0.25, -0.2) is 0 Å². The van der Waals surface area contributed by atoms with Gasteiger partial charge in [-0.1, -0.05) is 0 Å². The molecule has 0 saturated carbocycles. The second kappa shape index (κ2) is 4.43. The van der Waals surface area contributed by atoms with Crippen LogP contribution in [0, 0.1) is 5.41 Å². The smallest absolute Gasteiger partial charge is 0.270 e. The number of carbonyl (C=O) groups is 1. The lowest BCUT2D eigenvalue weighted by Crippen LogP contribution is -2.40. The topological polar surface area (TPSA) is 37.3 Å². The standard InChI is InChI=1S/C14H21N3O/c1-16-9-2-3-12(16)13(18)17-10-6-14(11-17)4-7-15-8-5-14/h2-3,9,15H,4-8,10-11H2,1H3. The Balaban J connectivity index is 1.72. The van der Waals surface area contributed by atoms with Crippen molar-refractivity contribution in [2.45, 2.75) is 19.3 Å². The van der Waals surface area contributed by atoms with Crippen LogP contribution in [0.1, 0.15) is 29.8 Å². The number of hydrogen-bond donors (Lipinski definition) is 1. The summed E-state index contributed by atoms with van der Waals surface area (Å²) < 4.78 is 1.91. The lowest BCUT2D eigenvalue weighted by molar-refractivity contribution is 0.0752. The quantitative estimate of drug-likeness (QED) is 0.810. The number of likely N-dealkylation sites (tertiary alicyclic amines) is 1. The fraction of sp³-hybridized carbons (Fsp3) is 0.643. The molecule has 2 aliphatic heterocycles. The molecule has 0 radical (unpaired) electrons. The number of carbonyl (C=O) groups excluding carboxylic acids is 1. The minimum absolute atomic E-state index is 0.193. The largest absolute Gasteiger partial charge is 0.347 e. The highest BCUT2D eigenvalue weighted by molar-refractivity contribution is 5.93. The summed E-state index contributed by atoms with van der Waals surface area (Å²) in [5.41, 5.74) is 1.20. The average molecular weight is 247 g/mol. The van der Waals surface area contributed by atoms with E-state index in [4.69, 9.17) is 0 Å². The van der Waals surface area contributed by atoms with Crippen LogP contribution in [-0.2, 0) is 7.05 Å². The Morgan fingerprint density at radius 3 is 2.78 bits per heavy atom. The van der Waals surface area contributed by atoms with Crippen LogP contribution in [0.4, 0.5) is 0 Å². The Morgan fingerprint density at radius 2 is 2.11 bits per heavy atom. The first-order valence-corrected chi connectivity index (χ1v) is 6.82. The monoisotopic (exact) mass is 247 g/mol. The van der Waals surface area contributed by atoms with Crippen molar-refractivity contribution in [2.24, 2.45) is 12.5 Å². The third-order valence-corrected chi connectivity index (χ3v) is 4.55. The summed E-state index contributed by atoms with van der Waals surface area (Å²) in [6, 6.07) is 3.85. The zero-order valence-electron chi connectivity index (χ0n) is 11.0. The molecule has 1 aromatic heterocycles. The molecule has 1 N–H and O–H groups in total. The molecule has 1 amide bonds. The van der Waals surface area contributed by atoms with E-state index in [9.17, 15) is 4.79 Å². The Bertz CT molecular complexity index is 446. The molecule has 2 saturated heterocycles. The number of aromatic nitrogens is 1. The lowest BCUT2D eigenvalue weighted by Gasteiger charge is -2.33. The fourth-order valence-electron chi connectivity index (χ4n) is 3.32. The first-order valence-electron chi connectivity index (χ1n) is 6.82. The van der Waals surface area contributed by atoms with Crippen molar-refractivity contribution >= 4 is 5.91 Å². The second-order valence-corrected chi connectivity index (χ2v) is 5.73. The van der Waals surface area contributed by atoms with E-state index >= 15 is 0 Å². The van der Waals surface area contributed by atoms with Crippen molar-refractivity contribution in [2.75, 3.05) is 26.2 Å². The van der Waals surface area contributed by atoms with Gasteiger partial charge in [-0.05, 0) is 49.9 Å². The molecule has 4 nitrogen and oxygen atoms in total. The number of nitrogens with zero attached hydrogens (tertiary/aromatic N) is 2. The number of rotatable bonds is 1. The van der Waals surface area contributed by atoms with Crippen molar-refractivity contribution in [1.29, 1.82) is 0 Å². The molecule has 4 heteroatoms. The van der Waals surface area contributed by atoms with Crippen molar-refractivity contribution in [3.63, 3.8) is 0 Å². The molecule has 2 fully saturated rings. The number of aryl methyl sites for hydroxylation is 1. The molecule has 18 heavy (non-hydrogen) atoms. The van der Waals surface area contributed by atoms with Crippen LogP contribution >= 0.6 is 0 Å². The predicted molar refractivity (Wildman–Crippen MR) is 70.5 cm³/mol. The van der Waals surface area contributed by atoms with Crippen molar-refractivity contribution < 1.29 is 4.79 Å². The maximum atomic E-state index is 12.4. The van der Waals surface area contributed by atoms with Gasteiger partial charge < -0.3 is 14.8 Å². The summed E-state index contributed by atoms with van der Waals surface area (Å²) in [4.78, 5) is 14.5. The molecule has 0 aromatic carbocycles. The lowest BCUT2D eigenvalue weighted by atomic mass is 9.78. The van der Waals surface area contributed by atoms with Gasteiger partial charge in [-0.2, -0.15) is 0 Å². The van der Waals surface area contributed by atoms with E-state index in [0.29, 0.717) is 5.41 Å². The molecule has 0 aliphatic carbocycles. The van der Waals surface area contributed by atoms with Crippen LogP contribution in [0.15, 0.2) is 18.3 Å². The molecule has 3 heterocycles. The summed E-state index contributed by atoms with van der Waals surface area (Å²) >= 11 is 0. The maximum Gasteiger partial charge on any atom is 0.270 e. The highest BCUT2D eigenvalue weighted by atomic mass is 16.2. The Hall–Kier alpha value is -1.29. The Kier molecular flexibility index (Phi) is 2.90. The zero-order chi connectivity index (χ0) is 12.6. The van der Waals surface area contributed by atoms with Crippen LogP contribution < -0.4 is 5.32 Å². The van der Waals surface area contributed by atoms with Gasteiger partial charge in [0.15, 0.2) is 0 Å². The summed E-state index contributed by atoms with van der Waals surface area (Å²) in [7, 11) is 1.93. The van der Waals surface area contributed by atoms with Crippen LogP contribution in [0.5, 0.6) is 0 Å². The van der Waals surface area contributed by atoms with E-state index in [1.54, 1.807) is 0 Å². The molecule has 98 valence electrons. The molecule has 0 atom stereocenters. The number of amides is 1. The van der Waals surface area contributed by atoms with Crippen LogP contribution in [-0.4, -0.2) is 41.6 Å². The number of nitrogens with one attached hydrogen (secondary N) is 1. The zero-order valence-corrected chi connectivity index (χ0v) is 11.0. The van der Waals surface area contributed by atoms with Gasteiger partial charge in [-0.3, -0.25) is 4.79 Å². The molecule has 3 rings (SSSR count). The predicted octanol–water partition coefficient (Wildman–Crippen LogP) is 1.24. The first-order chi connectivity index (χ1) is 8.70. The van der Waals surface area contributed by atoms with Crippen LogP contribution in [0.2, 0.25) is 0 Å².